The zero-order valence-electron chi connectivity index (χ0n) is 14.4. The van der Waals surface area contributed by atoms with Crippen molar-refractivity contribution in [2.75, 3.05) is 24.6 Å². The molecule has 0 spiro atoms. The minimum absolute atomic E-state index is 0.414. The number of hydrogen-bond acceptors (Lipinski definition) is 4. The molecule has 0 aliphatic carbocycles. The van der Waals surface area contributed by atoms with E-state index < -0.39 is 5.60 Å². The van der Waals surface area contributed by atoms with Crippen molar-refractivity contribution in [3.63, 3.8) is 0 Å². The molecule has 0 amide bonds. The second-order valence-electron chi connectivity index (χ2n) is 6.67. The zero-order valence-corrected chi connectivity index (χ0v) is 15.2. The molecule has 1 unspecified atom stereocenters. The van der Waals surface area contributed by atoms with Crippen molar-refractivity contribution in [2.45, 2.75) is 12.5 Å². The highest BCUT2D eigenvalue weighted by Gasteiger charge is 2.34. The van der Waals surface area contributed by atoms with Gasteiger partial charge in [-0.2, -0.15) is 5.26 Å². The van der Waals surface area contributed by atoms with E-state index in [0.717, 1.165) is 28.8 Å². The fraction of sp³-hybridized carbons (Fsp3) is 0.238. The first-order valence-electron chi connectivity index (χ1n) is 8.54. The van der Waals surface area contributed by atoms with Crippen molar-refractivity contribution in [3.8, 4) is 6.07 Å². The first-order valence-corrected chi connectivity index (χ1v) is 8.92. The number of ether oxygens (including phenoxy) is 1. The summed E-state index contributed by atoms with van der Waals surface area (Å²) >= 11 is 6.08. The van der Waals surface area contributed by atoms with Gasteiger partial charge < -0.3 is 9.64 Å². The Kier molecular flexibility index (Phi) is 4.28. The van der Waals surface area contributed by atoms with Crippen molar-refractivity contribution in [1.82, 2.24) is 4.98 Å². The fourth-order valence-corrected chi connectivity index (χ4v) is 3.64. The van der Waals surface area contributed by atoms with Crippen LogP contribution in [0.1, 0.15) is 18.1 Å². The number of hydrogen-bond donors (Lipinski definition) is 0. The Morgan fingerprint density at radius 2 is 2.00 bits per heavy atom. The SMILES string of the molecule is CC1(c2ccccc2)CN(c2cc(C#N)c3cc(Cl)ccc3n2)CCO1. The predicted octanol–water partition coefficient (Wildman–Crippen LogP) is 4.51. The summed E-state index contributed by atoms with van der Waals surface area (Å²) in [4.78, 5) is 6.95. The Labute approximate surface area is 157 Å². The molecule has 0 bridgehead atoms. The molecule has 2 heterocycles. The zero-order chi connectivity index (χ0) is 18.1. The van der Waals surface area contributed by atoms with Crippen LogP contribution in [0.5, 0.6) is 0 Å². The van der Waals surface area contributed by atoms with Crippen molar-refractivity contribution >= 4 is 28.3 Å². The second kappa shape index (κ2) is 6.60. The first-order chi connectivity index (χ1) is 12.6. The number of pyridine rings is 1. The molecule has 3 aromatic rings. The van der Waals surface area contributed by atoms with Crippen molar-refractivity contribution in [1.29, 1.82) is 5.26 Å². The van der Waals surface area contributed by atoms with E-state index in [-0.39, 0.29) is 0 Å². The Morgan fingerprint density at radius 3 is 2.77 bits per heavy atom. The molecule has 5 heteroatoms. The van der Waals surface area contributed by atoms with Crippen LogP contribution in [0.2, 0.25) is 5.02 Å². The summed E-state index contributed by atoms with van der Waals surface area (Å²) < 4.78 is 6.11. The maximum atomic E-state index is 9.57. The number of morpholine rings is 1. The summed E-state index contributed by atoms with van der Waals surface area (Å²) in [5, 5.41) is 10.9. The van der Waals surface area contributed by atoms with Gasteiger partial charge in [-0.15, -0.1) is 0 Å². The number of nitrogens with zero attached hydrogens (tertiary/aromatic N) is 3. The Hall–Kier alpha value is -2.61. The van der Waals surface area contributed by atoms with Crippen LogP contribution < -0.4 is 4.90 Å². The van der Waals surface area contributed by atoms with Crippen LogP contribution in [0.3, 0.4) is 0 Å². The molecule has 1 aromatic heterocycles. The van der Waals surface area contributed by atoms with Crippen LogP contribution in [0, 0.1) is 11.3 Å². The number of fused-ring (bicyclic) bond motifs is 1. The van der Waals surface area contributed by atoms with Crippen LogP contribution in [-0.4, -0.2) is 24.7 Å². The largest absolute Gasteiger partial charge is 0.367 e. The minimum atomic E-state index is -0.414. The Balaban J connectivity index is 1.73. The van der Waals surface area contributed by atoms with Gasteiger partial charge in [0.25, 0.3) is 0 Å². The molecular weight excluding hydrogens is 346 g/mol. The summed E-state index contributed by atoms with van der Waals surface area (Å²) in [7, 11) is 0. The van der Waals surface area contributed by atoms with Crippen molar-refractivity contribution in [3.05, 3.63) is 70.7 Å². The quantitative estimate of drug-likeness (QED) is 0.672. The summed E-state index contributed by atoms with van der Waals surface area (Å²) in [6.45, 7) is 4.11. The summed E-state index contributed by atoms with van der Waals surface area (Å²) in [5.41, 5.74) is 2.08. The molecule has 1 fully saturated rings. The average molecular weight is 364 g/mol. The number of benzene rings is 2. The third kappa shape index (κ3) is 3.01. The Morgan fingerprint density at radius 1 is 1.19 bits per heavy atom. The maximum Gasteiger partial charge on any atom is 0.130 e. The van der Waals surface area contributed by atoms with E-state index in [9.17, 15) is 5.26 Å². The highest BCUT2D eigenvalue weighted by molar-refractivity contribution is 6.31. The van der Waals surface area contributed by atoms with Crippen molar-refractivity contribution in [2.24, 2.45) is 0 Å². The predicted molar refractivity (Wildman–Crippen MR) is 103 cm³/mol. The van der Waals surface area contributed by atoms with E-state index in [2.05, 4.69) is 30.0 Å². The molecule has 4 rings (SSSR count). The molecule has 2 aromatic carbocycles. The number of aromatic nitrogens is 1. The van der Waals surface area contributed by atoms with E-state index >= 15 is 0 Å². The van der Waals surface area contributed by atoms with Crippen LogP contribution in [0.4, 0.5) is 5.82 Å². The molecule has 1 aliphatic heterocycles. The van der Waals surface area contributed by atoms with Gasteiger partial charge in [-0.05, 0) is 36.8 Å². The van der Waals surface area contributed by atoms with Gasteiger partial charge in [-0.25, -0.2) is 4.98 Å². The third-order valence-corrected chi connectivity index (χ3v) is 5.10. The lowest BCUT2D eigenvalue weighted by atomic mass is 9.94. The van der Waals surface area contributed by atoms with E-state index in [1.54, 1.807) is 12.1 Å². The van der Waals surface area contributed by atoms with Crippen LogP contribution in [-0.2, 0) is 10.3 Å². The second-order valence-corrected chi connectivity index (χ2v) is 7.10. The molecule has 1 aliphatic rings. The van der Waals surface area contributed by atoms with Gasteiger partial charge in [-0.1, -0.05) is 41.9 Å². The van der Waals surface area contributed by atoms with Crippen LogP contribution >= 0.6 is 11.6 Å². The van der Waals surface area contributed by atoms with Gasteiger partial charge in [0.2, 0.25) is 0 Å². The molecule has 0 radical (unpaired) electrons. The summed E-state index contributed by atoms with van der Waals surface area (Å²) in [6.07, 6.45) is 0. The van der Waals surface area contributed by atoms with Gasteiger partial charge in [0.15, 0.2) is 0 Å². The number of nitriles is 1. The number of anilines is 1. The fourth-order valence-electron chi connectivity index (χ4n) is 3.47. The molecule has 130 valence electrons. The third-order valence-electron chi connectivity index (χ3n) is 4.86. The summed E-state index contributed by atoms with van der Waals surface area (Å²) in [6, 6.07) is 19.8. The highest BCUT2D eigenvalue weighted by Crippen LogP contribution is 2.32. The number of rotatable bonds is 2. The normalized spacial score (nSPS) is 20.1. The van der Waals surface area contributed by atoms with Gasteiger partial charge in [0.1, 0.15) is 11.4 Å². The monoisotopic (exact) mass is 363 g/mol. The molecule has 1 atom stereocenters. The van der Waals surface area contributed by atoms with E-state index in [1.807, 2.05) is 30.3 Å². The standard InChI is InChI=1S/C21H18ClN3O/c1-21(16-5-3-2-4-6-16)14-25(9-10-26-21)20-11-15(13-23)18-12-17(22)7-8-19(18)24-20/h2-8,11-12H,9-10,14H2,1H3. The van der Waals surface area contributed by atoms with Crippen molar-refractivity contribution < 1.29 is 4.74 Å². The summed E-state index contributed by atoms with van der Waals surface area (Å²) in [5.74, 6) is 0.793. The lowest BCUT2D eigenvalue weighted by molar-refractivity contribution is -0.0467. The average Bonchev–Trinajstić information content (AvgIpc) is 2.68. The molecule has 0 saturated carbocycles. The smallest absolute Gasteiger partial charge is 0.130 e. The van der Waals surface area contributed by atoms with Gasteiger partial charge >= 0.3 is 0 Å². The molecule has 1 saturated heterocycles. The van der Waals surface area contributed by atoms with E-state index in [0.29, 0.717) is 23.7 Å². The maximum absolute atomic E-state index is 9.57. The molecule has 0 N–H and O–H groups in total. The lowest BCUT2D eigenvalue weighted by Gasteiger charge is -2.41. The van der Waals surface area contributed by atoms with Gasteiger partial charge in [-0.3, -0.25) is 0 Å². The van der Waals surface area contributed by atoms with E-state index in [4.69, 9.17) is 21.3 Å². The lowest BCUT2D eigenvalue weighted by Crippen LogP contribution is -2.48. The first kappa shape index (κ1) is 16.8. The minimum Gasteiger partial charge on any atom is -0.367 e. The highest BCUT2D eigenvalue weighted by atomic mass is 35.5. The Bertz CT molecular complexity index is 999. The molecule has 26 heavy (non-hydrogen) atoms. The molecular formula is C21H18ClN3O. The van der Waals surface area contributed by atoms with Crippen LogP contribution in [0.15, 0.2) is 54.6 Å². The molecule has 4 nitrogen and oxygen atoms in total. The van der Waals surface area contributed by atoms with Gasteiger partial charge in [0.05, 0.1) is 30.3 Å². The topological polar surface area (TPSA) is 49.2 Å². The van der Waals surface area contributed by atoms with Gasteiger partial charge in [0, 0.05) is 17.0 Å². The number of halogens is 1. The van der Waals surface area contributed by atoms with E-state index in [1.165, 1.54) is 0 Å². The van der Waals surface area contributed by atoms with Crippen LogP contribution in [0.25, 0.3) is 10.9 Å².